The first kappa shape index (κ1) is 30.2. The molecule has 1 fully saturated rings. The minimum absolute atomic E-state index is 0.272. The van der Waals surface area contributed by atoms with Crippen LogP contribution in [-0.2, 0) is 9.59 Å². The Morgan fingerprint density at radius 2 is 1.82 bits per heavy atom. The molecule has 11 nitrogen and oxygen atoms in total. The fourth-order valence-corrected chi connectivity index (χ4v) is 5.22. The fraction of sp³-hybridized carbons (Fsp3) is 0.188. The number of hydrogen-bond acceptors (Lipinski definition) is 7. The highest BCUT2D eigenvalue weighted by atomic mass is 35.5. The number of carbonyl (C=O) groups is 4. The summed E-state index contributed by atoms with van der Waals surface area (Å²) >= 11 is 6.45. The number of aromatic nitrogens is 2. The van der Waals surface area contributed by atoms with Crippen LogP contribution in [0.15, 0.2) is 60.8 Å². The number of nitrogens with zero attached hydrogens (tertiary/aromatic N) is 3. The number of pyridine rings is 2. The molecule has 222 valence electrons. The summed E-state index contributed by atoms with van der Waals surface area (Å²) in [6, 6.07) is 14.3. The average molecular weight is 611 g/mol. The highest BCUT2D eigenvalue weighted by Crippen LogP contribution is 2.27. The zero-order valence-corrected chi connectivity index (χ0v) is 24.3. The molecule has 0 bridgehead atoms. The van der Waals surface area contributed by atoms with E-state index >= 15 is 0 Å². The van der Waals surface area contributed by atoms with Crippen LogP contribution in [0.5, 0.6) is 0 Å². The van der Waals surface area contributed by atoms with Crippen molar-refractivity contribution in [1.82, 2.24) is 20.3 Å². The summed E-state index contributed by atoms with van der Waals surface area (Å²) in [7, 11) is 0. The van der Waals surface area contributed by atoms with Gasteiger partial charge in [0.1, 0.15) is 11.9 Å². The lowest BCUT2D eigenvalue weighted by Gasteiger charge is -2.33. The molecule has 3 amide bonds. The lowest BCUT2D eigenvalue weighted by Crippen LogP contribution is -2.47. The number of nitrogen functional groups attached to an aromatic ring is 1. The van der Waals surface area contributed by atoms with E-state index in [1.54, 1.807) is 48.5 Å². The van der Waals surface area contributed by atoms with Gasteiger partial charge in [0, 0.05) is 53.4 Å². The molecule has 0 spiro atoms. The third-order valence-electron chi connectivity index (χ3n) is 7.16. The molecule has 44 heavy (non-hydrogen) atoms. The molecular formula is C32H27ClN6O5. The van der Waals surface area contributed by atoms with Gasteiger partial charge in [0.25, 0.3) is 11.8 Å². The van der Waals surface area contributed by atoms with Crippen molar-refractivity contribution in [1.29, 1.82) is 0 Å². The molecule has 1 aliphatic rings. The van der Waals surface area contributed by atoms with Gasteiger partial charge < -0.3 is 15.3 Å². The summed E-state index contributed by atoms with van der Waals surface area (Å²) in [6.45, 7) is 1.75. The highest BCUT2D eigenvalue weighted by molar-refractivity contribution is 6.32. The van der Waals surface area contributed by atoms with Gasteiger partial charge in [0.15, 0.2) is 0 Å². The number of rotatable bonds is 5. The van der Waals surface area contributed by atoms with E-state index in [4.69, 9.17) is 17.4 Å². The number of carbonyl (C=O) groups excluding carboxylic acids is 3. The van der Waals surface area contributed by atoms with Crippen LogP contribution >= 0.6 is 11.6 Å². The third-order valence-corrected chi connectivity index (χ3v) is 7.47. The standard InChI is InChI=1S/C32H27ClN6O5/c1-18(40)36-29-16-27-24(17-35-29)23(30(41)38-34)15-26(37-27)21-9-6-19(7-10-21)5-8-20-11-12-22(14-25(20)33)31(42)39-13-3-2-4-28(39)32(43)44/h6-7,9-12,14-17,28H,2-4,13,34H2,1H3,(H,38,41)(H,43,44)(H,35,36,40)/t28-/m0/s1. The molecule has 0 radical (unpaired) electrons. The maximum atomic E-state index is 13.0. The van der Waals surface area contributed by atoms with Crippen molar-refractivity contribution < 1.29 is 24.3 Å². The number of fused-ring (bicyclic) bond motifs is 1. The molecule has 1 saturated heterocycles. The van der Waals surface area contributed by atoms with Gasteiger partial charge in [-0.25, -0.2) is 20.6 Å². The van der Waals surface area contributed by atoms with Gasteiger partial charge >= 0.3 is 5.97 Å². The molecule has 4 aromatic rings. The normalized spacial score (nSPS) is 14.3. The van der Waals surface area contributed by atoms with E-state index in [0.29, 0.717) is 57.6 Å². The van der Waals surface area contributed by atoms with Gasteiger partial charge in [-0.05, 0) is 55.7 Å². The number of nitrogens with one attached hydrogen (secondary N) is 2. The van der Waals surface area contributed by atoms with Crippen molar-refractivity contribution in [2.45, 2.75) is 32.2 Å². The zero-order chi connectivity index (χ0) is 31.4. The number of carboxylic acid groups (broad SMARTS) is 1. The third kappa shape index (κ3) is 6.52. The van der Waals surface area contributed by atoms with Crippen molar-refractivity contribution >= 4 is 52.0 Å². The first-order valence-electron chi connectivity index (χ1n) is 13.7. The van der Waals surface area contributed by atoms with E-state index in [9.17, 15) is 24.3 Å². The first-order valence-corrected chi connectivity index (χ1v) is 14.1. The molecule has 5 rings (SSSR count). The van der Waals surface area contributed by atoms with E-state index in [-0.39, 0.29) is 22.4 Å². The minimum Gasteiger partial charge on any atom is -0.480 e. The van der Waals surface area contributed by atoms with E-state index in [1.807, 2.05) is 0 Å². The van der Waals surface area contributed by atoms with Crippen LogP contribution in [-0.4, -0.2) is 56.3 Å². The molecule has 2 aromatic carbocycles. The number of amides is 3. The van der Waals surface area contributed by atoms with Crippen molar-refractivity contribution in [3.8, 4) is 23.1 Å². The number of hydrazine groups is 1. The molecule has 3 heterocycles. The van der Waals surface area contributed by atoms with Crippen LogP contribution in [0, 0.1) is 11.8 Å². The Bertz CT molecular complexity index is 1870. The summed E-state index contributed by atoms with van der Waals surface area (Å²) < 4.78 is 0. The average Bonchev–Trinajstić information content (AvgIpc) is 3.02. The molecule has 12 heteroatoms. The predicted octanol–water partition coefficient (Wildman–Crippen LogP) is 3.99. The number of anilines is 1. The number of carboxylic acids is 1. The summed E-state index contributed by atoms with van der Waals surface area (Å²) in [6.07, 6.45) is 3.40. The Kier molecular flexibility index (Phi) is 8.85. The quantitative estimate of drug-likeness (QED) is 0.114. The maximum Gasteiger partial charge on any atom is 0.326 e. The van der Waals surface area contributed by atoms with Crippen LogP contribution in [0.2, 0.25) is 5.02 Å². The Hall–Kier alpha value is -5.31. The topological polar surface area (TPSA) is 168 Å². The Morgan fingerprint density at radius 3 is 2.50 bits per heavy atom. The number of piperidine rings is 1. The monoisotopic (exact) mass is 610 g/mol. The number of nitrogens with two attached hydrogens (primary N) is 1. The van der Waals surface area contributed by atoms with Crippen molar-refractivity contribution in [2.75, 3.05) is 11.9 Å². The highest BCUT2D eigenvalue weighted by Gasteiger charge is 2.32. The second-order valence-corrected chi connectivity index (χ2v) is 10.6. The molecule has 0 aliphatic carbocycles. The van der Waals surface area contributed by atoms with Crippen molar-refractivity contribution in [2.24, 2.45) is 5.84 Å². The SMILES string of the molecule is CC(=O)Nc1cc2nc(-c3ccc(C#Cc4ccc(C(=O)N5CCCC[C@H]5C(=O)O)cc4Cl)cc3)cc(C(=O)NN)c2cn1. The van der Waals surface area contributed by atoms with Crippen LogP contribution in [0.4, 0.5) is 5.82 Å². The molecule has 1 atom stereocenters. The number of aliphatic carboxylic acids is 1. The number of halogens is 1. The van der Waals surface area contributed by atoms with Crippen molar-refractivity contribution in [3.63, 3.8) is 0 Å². The molecule has 0 unspecified atom stereocenters. The van der Waals surface area contributed by atoms with E-state index in [2.05, 4.69) is 32.6 Å². The van der Waals surface area contributed by atoms with Gasteiger partial charge in [-0.1, -0.05) is 35.6 Å². The maximum absolute atomic E-state index is 13.0. The molecule has 1 aliphatic heterocycles. The summed E-state index contributed by atoms with van der Waals surface area (Å²) in [5.74, 6) is 9.58. The minimum atomic E-state index is -1.01. The predicted molar refractivity (Wildman–Crippen MR) is 165 cm³/mol. The summed E-state index contributed by atoms with van der Waals surface area (Å²) in [5.41, 5.74) is 5.56. The fourth-order valence-electron chi connectivity index (χ4n) is 4.99. The number of benzene rings is 2. The lowest BCUT2D eigenvalue weighted by atomic mass is 10.0. The summed E-state index contributed by atoms with van der Waals surface area (Å²) in [5, 5.41) is 12.9. The van der Waals surface area contributed by atoms with E-state index in [1.165, 1.54) is 24.1 Å². The zero-order valence-electron chi connectivity index (χ0n) is 23.6. The van der Waals surface area contributed by atoms with Gasteiger partial charge in [-0.15, -0.1) is 0 Å². The van der Waals surface area contributed by atoms with Gasteiger partial charge in [0.2, 0.25) is 5.91 Å². The Balaban J connectivity index is 1.38. The van der Waals surface area contributed by atoms with Crippen LogP contribution in [0.3, 0.4) is 0 Å². The van der Waals surface area contributed by atoms with Crippen LogP contribution < -0.4 is 16.6 Å². The lowest BCUT2D eigenvalue weighted by molar-refractivity contribution is -0.143. The Labute approximate surface area is 257 Å². The number of likely N-dealkylation sites (tertiary alicyclic amines) is 1. The Morgan fingerprint density at radius 1 is 1.05 bits per heavy atom. The second kappa shape index (κ2) is 12.9. The van der Waals surface area contributed by atoms with Gasteiger partial charge in [-0.3, -0.25) is 19.8 Å². The second-order valence-electron chi connectivity index (χ2n) is 10.2. The number of hydrogen-bond donors (Lipinski definition) is 4. The molecular weight excluding hydrogens is 584 g/mol. The largest absolute Gasteiger partial charge is 0.480 e. The summed E-state index contributed by atoms with van der Waals surface area (Å²) in [4.78, 5) is 58.9. The van der Waals surface area contributed by atoms with Gasteiger partial charge in [0.05, 0.1) is 21.8 Å². The van der Waals surface area contributed by atoms with Gasteiger partial charge in [-0.2, -0.15) is 0 Å². The first-order chi connectivity index (χ1) is 21.1. The molecule has 5 N–H and O–H groups in total. The smallest absolute Gasteiger partial charge is 0.326 e. The van der Waals surface area contributed by atoms with Crippen LogP contribution in [0.25, 0.3) is 22.2 Å². The van der Waals surface area contributed by atoms with Crippen molar-refractivity contribution in [3.05, 3.63) is 88.1 Å². The van der Waals surface area contributed by atoms with E-state index in [0.717, 1.165) is 12.8 Å². The molecule has 2 aromatic heterocycles. The van der Waals surface area contributed by atoms with E-state index < -0.39 is 17.9 Å². The molecule has 0 saturated carbocycles. The van der Waals surface area contributed by atoms with Crippen LogP contribution in [0.1, 0.15) is 58.0 Å².